The third-order valence-electron chi connectivity index (χ3n) is 9.37. The highest BCUT2D eigenvalue weighted by atomic mass is 32.2. The highest BCUT2D eigenvalue weighted by molar-refractivity contribution is 7.93. The molecule has 5 aromatic carbocycles. The number of nitrogens with two attached hydrogens (primary N) is 1. The van der Waals surface area contributed by atoms with Crippen molar-refractivity contribution < 1.29 is 32.3 Å². The number of fused-ring (bicyclic) bond motifs is 2. The molecule has 1 aliphatic rings. The van der Waals surface area contributed by atoms with Gasteiger partial charge in [0.05, 0.1) is 29.2 Å². The minimum atomic E-state index is -4.13. The largest absolute Gasteiger partial charge is 0.466 e. The van der Waals surface area contributed by atoms with Crippen LogP contribution < -0.4 is 14.9 Å². The summed E-state index contributed by atoms with van der Waals surface area (Å²) in [5.74, 6) is -1.42. The molecule has 5 aromatic rings. The number of hydrogen-bond donors (Lipinski definition) is 2. The van der Waals surface area contributed by atoms with Gasteiger partial charge in [-0.2, -0.15) is 0 Å². The molecule has 1 aliphatic heterocycles. The van der Waals surface area contributed by atoms with E-state index in [-0.39, 0.29) is 61.2 Å². The van der Waals surface area contributed by atoms with Crippen molar-refractivity contribution in [3.8, 4) is 0 Å². The number of sulfonamides is 1. The third kappa shape index (κ3) is 8.44. The maximum Gasteiger partial charge on any atom is 0.338 e. The third-order valence-corrected chi connectivity index (χ3v) is 11.3. The zero-order valence-electron chi connectivity index (χ0n) is 30.0. The van der Waals surface area contributed by atoms with E-state index in [1.165, 1.54) is 10.4 Å². The van der Waals surface area contributed by atoms with Crippen LogP contribution >= 0.6 is 0 Å². The Morgan fingerprint density at radius 1 is 0.870 bits per heavy atom. The molecular weight excluding hydrogens is 705 g/mol. The Morgan fingerprint density at radius 2 is 1.63 bits per heavy atom. The lowest BCUT2D eigenvalue weighted by atomic mass is 9.97. The molecule has 0 saturated heterocycles. The van der Waals surface area contributed by atoms with Gasteiger partial charge in [-0.1, -0.05) is 72.8 Å². The Morgan fingerprint density at radius 3 is 2.41 bits per heavy atom. The molecule has 1 heterocycles. The minimum absolute atomic E-state index is 0.107. The number of anilines is 2. The number of benzene rings is 5. The summed E-state index contributed by atoms with van der Waals surface area (Å²) >= 11 is 0. The number of carbonyl (C=O) groups is 3. The molecule has 54 heavy (non-hydrogen) atoms. The van der Waals surface area contributed by atoms with Crippen LogP contribution in [0.15, 0.2) is 114 Å². The second-order valence-electron chi connectivity index (χ2n) is 12.9. The number of nitrogens with one attached hydrogen (secondary N) is 1. The Kier molecular flexibility index (Phi) is 11.7. The summed E-state index contributed by atoms with van der Waals surface area (Å²) in [4.78, 5) is 40.8. The summed E-state index contributed by atoms with van der Waals surface area (Å²) in [6, 6.07) is 31.7. The molecular formula is C42H42N4O7S. The number of carbonyl (C=O) groups excluding carboxylic acids is 3. The molecule has 3 N–H and O–H groups in total. The summed E-state index contributed by atoms with van der Waals surface area (Å²) in [6.07, 6.45) is 1.54. The number of ether oxygens (including phenoxy) is 2. The number of esters is 2. The van der Waals surface area contributed by atoms with Crippen LogP contribution in [0, 0.1) is 5.41 Å². The predicted molar refractivity (Wildman–Crippen MR) is 208 cm³/mol. The molecule has 12 heteroatoms. The zero-order chi connectivity index (χ0) is 38.2. The number of nitrogens with zero attached hydrogens (tertiary/aromatic N) is 2. The molecule has 0 fully saturated rings. The number of rotatable bonds is 14. The van der Waals surface area contributed by atoms with Crippen molar-refractivity contribution in [2.75, 3.05) is 28.9 Å². The lowest BCUT2D eigenvalue weighted by Gasteiger charge is -2.32. The van der Waals surface area contributed by atoms with Crippen LogP contribution in [-0.4, -0.2) is 51.8 Å². The number of amidine groups is 1. The molecule has 1 amide bonds. The first kappa shape index (κ1) is 37.7. The first-order chi connectivity index (χ1) is 26.1. The lowest BCUT2D eigenvalue weighted by molar-refractivity contribution is -0.142. The van der Waals surface area contributed by atoms with Crippen molar-refractivity contribution in [3.63, 3.8) is 0 Å². The fourth-order valence-electron chi connectivity index (χ4n) is 6.71. The van der Waals surface area contributed by atoms with Crippen LogP contribution in [-0.2, 0) is 48.5 Å². The maximum atomic E-state index is 14.4. The topological polar surface area (TPSA) is 160 Å². The Balaban J connectivity index is 1.21. The van der Waals surface area contributed by atoms with Crippen molar-refractivity contribution >= 4 is 55.9 Å². The highest BCUT2D eigenvalue weighted by Gasteiger charge is 2.30. The molecule has 0 aliphatic carbocycles. The summed E-state index contributed by atoms with van der Waals surface area (Å²) in [6.45, 7) is 2.34. The number of nitrogen functional groups attached to an aromatic ring is 1. The van der Waals surface area contributed by atoms with Crippen LogP contribution in [0.4, 0.5) is 11.4 Å². The van der Waals surface area contributed by atoms with Crippen LogP contribution in [0.25, 0.3) is 10.8 Å². The smallest absolute Gasteiger partial charge is 0.338 e. The van der Waals surface area contributed by atoms with Crippen molar-refractivity contribution in [1.29, 1.82) is 5.41 Å². The van der Waals surface area contributed by atoms with Gasteiger partial charge in [-0.15, -0.1) is 0 Å². The standard InChI is InChI=1S/C42H42N4O7S/c1-2-52-40(48)23-25-46(54(50,51)38-16-8-13-30-12-6-7-15-35(30)38)34-20-21-37-32(26-34)14-9-24-45(37)39(47)22-19-31-17-18-33(27-36(31)41(43)44)42(49)53-28-29-10-4-3-5-11-29/h3-8,10-13,15-18,20-21,26-27H,2,9,14,19,22-25,28H2,1H3,(H3,43,44). The van der Waals surface area contributed by atoms with Gasteiger partial charge in [0.15, 0.2) is 0 Å². The van der Waals surface area contributed by atoms with Crippen LogP contribution in [0.5, 0.6) is 0 Å². The summed E-state index contributed by atoms with van der Waals surface area (Å²) in [5, 5.41) is 9.50. The quantitative estimate of drug-likeness (QED) is 0.0736. The average Bonchev–Trinajstić information content (AvgIpc) is 3.18. The fraction of sp³-hybridized carbons (Fsp3) is 0.238. The van der Waals surface area contributed by atoms with Crippen molar-refractivity contribution in [1.82, 2.24) is 0 Å². The van der Waals surface area contributed by atoms with Crippen molar-refractivity contribution in [2.24, 2.45) is 5.73 Å². The summed E-state index contributed by atoms with van der Waals surface area (Å²) < 4.78 is 40.5. The first-order valence-electron chi connectivity index (χ1n) is 17.8. The molecule has 0 bridgehead atoms. The van der Waals surface area contributed by atoms with E-state index in [0.717, 1.165) is 16.5 Å². The van der Waals surface area contributed by atoms with Gasteiger partial charge in [-0.05, 0) is 84.7 Å². The summed E-state index contributed by atoms with van der Waals surface area (Å²) in [7, 11) is -4.13. The molecule has 0 unspecified atom stereocenters. The molecule has 0 radical (unpaired) electrons. The van der Waals surface area contributed by atoms with E-state index in [0.29, 0.717) is 47.3 Å². The van der Waals surface area contributed by atoms with Crippen molar-refractivity contribution in [2.45, 2.75) is 50.5 Å². The minimum Gasteiger partial charge on any atom is -0.466 e. The highest BCUT2D eigenvalue weighted by Crippen LogP contribution is 2.35. The van der Waals surface area contributed by atoms with E-state index >= 15 is 0 Å². The van der Waals surface area contributed by atoms with E-state index in [2.05, 4.69) is 0 Å². The van der Waals surface area contributed by atoms with Gasteiger partial charge >= 0.3 is 11.9 Å². The molecule has 0 aromatic heterocycles. The average molecular weight is 747 g/mol. The SMILES string of the molecule is CCOC(=O)CCN(c1ccc2c(c1)CCCN2C(=O)CCc1ccc(C(=O)OCc2ccccc2)cc1C(=N)N)S(=O)(=O)c1cccc2ccccc12. The van der Waals surface area contributed by atoms with Gasteiger partial charge in [-0.25, -0.2) is 13.2 Å². The monoisotopic (exact) mass is 746 g/mol. The molecule has 0 atom stereocenters. The molecule has 0 spiro atoms. The van der Waals surface area contributed by atoms with Crippen molar-refractivity contribution in [3.05, 3.63) is 137 Å². The predicted octanol–water partition coefficient (Wildman–Crippen LogP) is 6.54. The van der Waals surface area contributed by atoms with E-state index in [9.17, 15) is 22.8 Å². The van der Waals surface area contributed by atoms with E-state index < -0.39 is 22.0 Å². The van der Waals surface area contributed by atoms with Gasteiger partial charge in [0.1, 0.15) is 12.4 Å². The number of hydrogen-bond acceptors (Lipinski definition) is 8. The second-order valence-corrected chi connectivity index (χ2v) is 14.7. The Hall–Kier alpha value is -6.01. The van der Waals surface area contributed by atoms with E-state index in [1.807, 2.05) is 48.5 Å². The fourth-order valence-corrected chi connectivity index (χ4v) is 8.38. The molecule has 0 saturated carbocycles. The van der Waals surface area contributed by atoms with E-state index in [4.69, 9.17) is 20.6 Å². The number of aryl methyl sites for hydroxylation is 2. The first-order valence-corrected chi connectivity index (χ1v) is 19.3. The zero-order valence-corrected chi connectivity index (χ0v) is 30.8. The van der Waals surface area contributed by atoms with Crippen LogP contribution in [0.3, 0.4) is 0 Å². The number of amides is 1. The van der Waals surface area contributed by atoms with Gasteiger partial charge in [0.2, 0.25) is 5.91 Å². The van der Waals surface area contributed by atoms with Gasteiger partial charge in [0.25, 0.3) is 10.0 Å². The van der Waals surface area contributed by atoms with Gasteiger partial charge in [-0.3, -0.25) is 19.3 Å². The van der Waals surface area contributed by atoms with Crippen LogP contribution in [0.2, 0.25) is 0 Å². The Labute approximate surface area is 314 Å². The van der Waals surface area contributed by atoms with Crippen LogP contribution in [0.1, 0.15) is 58.8 Å². The van der Waals surface area contributed by atoms with Gasteiger partial charge in [0, 0.05) is 36.1 Å². The van der Waals surface area contributed by atoms with Gasteiger partial charge < -0.3 is 20.1 Å². The normalized spacial score (nSPS) is 12.5. The molecule has 11 nitrogen and oxygen atoms in total. The molecule has 6 rings (SSSR count). The Bertz CT molecular complexity index is 2310. The molecule has 278 valence electrons. The van der Waals surface area contributed by atoms with E-state index in [1.54, 1.807) is 66.4 Å². The maximum absolute atomic E-state index is 14.4. The second kappa shape index (κ2) is 16.8. The lowest BCUT2D eigenvalue weighted by Crippen LogP contribution is -2.36. The summed E-state index contributed by atoms with van der Waals surface area (Å²) in [5.41, 5.74) is 9.90.